The van der Waals surface area contributed by atoms with Gasteiger partial charge in [0.25, 0.3) is 5.91 Å². The number of pyridine rings is 1. The average molecular weight is 298 g/mol. The fourth-order valence-electron chi connectivity index (χ4n) is 2.20. The molecule has 1 fully saturated rings. The number of carbonyl (C=O) groups excluding carboxylic acids is 1. The fourth-order valence-corrected chi connectivity index (χ4v) is 2.37. The predicted molar refractivity (Wildman–Crippen MR) is 78.1 cm³/mol. The van der Waals surface area contributed by atoms with E-state index in [1.54, 1.807) is 18.2 Å². The van der Waals surface area contributed by atoms with Gasteiger partial charge < -0.3 is 10.1 Å². The number of nitrogens with one attached hydrogen (secondary N) is 1. The van der Waals surface area contributed by atoms with Gasteiger partial charge in [-0.1, -0.05) is 17.7 Å². The van der Waals surface area contributed by atoms with Crippen molar-refractivity contribution in [3.63, 3.8) is 0 Å². The van der Waals surface area contributed by atoms with Gasteiger partial charge in [0, 0.05) is 25.2 Å². The summed E-state index contributed by atoms with van der Waals surface area (Å²) in [5, 5.41) is 3.25. The largest absolute Gasteiger partial charge is 0.379 e. The van der Waals surface area contributed by atoms with E-state index in [9.17, 15) is 4.79 Å². The zero-order chi connectivity index (χ0) is 14.6. The van der Waals surface area contributed by atoms with Crippen LogP contribution in [0.4, 0.5) is 0 Å². The topological polar surface area (TPSA) is 54.5 Å². The predicted octanol–water partition coefficient (Wildman–Crippen LogP) is 1.58. The Kier molecular flexibility index (Phi) is 4.96. The number of halogens is 1. The van der Waals surface area contributed by atoms with Crippen molar-refractivity contribution >= 4 is 17.5 Å². The second-order valence-electron chi connectivity index (χ2n) is 5.44. The number of aromatic nitrogens is 1. The molecule has 0 bridgehead atoms. The Morgan fingerprint density at radius 2 is 2.15 bits per heavy atom. The molecule has 0 spiro atoms. The minimum Gasteiger partial charge on any atom is -0.379 e. The number of rotatable bonds is 4. The lowest BCUT2D eigenvalue weighted by Crippen LogP contribution is -2.55. The highest BCUT2D eigenvalue weighted by molar-refractivity contribution is 6.29. The monoisotopic (exact) mass is 297 g/mol. The summed E-state index contributed by atoms with van der Waals surface area (Å²) < 4.78 is 5.35. The maximum absolute atomic E-state index is 12.1. The number of carbonyl (C=O) groups is 1. The molecular weight excluding hydrogens is 278 g/mol. The highest BCUT2D eigenvalue weighted by Gasteiger charge is 2.28. The number of morpholine rings is 1. The van der Waals surface area contributed by atoms with Crippen LogP contribution in [0.15, 0.2) is 18.2 Å². The van der Waals surface area contributed by atoms with Crippen LogP contribution in [0.25, 0.3) is 0 Å². The van der Waals surface area contributed by atoms with Crippen LogP contribution in [0.5, 0.6) is 0 Å². The quantitative estimate of drug-likeness (QED) is 0.857. The summed E-state index contributed by atoms with van der Waals surface area (Å²) in [4.78, 5) is 18.4. The lowest BCUT2D eigenvalue weighted by molar-refractivity contribution is -0.00924. The lowest BCUT2D eigenvalue weighted by atomic mass is 10.0. The molecule has 110 valence electrons. The first-order chi connectivity index (χ1) is 9.49. The second kappa shape index (κ2) is 6.52. The van der Waals surface area contributed by atoms with Crippen molar-refractivity contribution < 1.29 is 9.53 Å². The highest BCUT2D eigenvalue weighted by Crippen LogP contribution is 2.15. The molecule has 1 saturated heterocycles. The molecule has 0 radical (unpaired) electrons. The van der Waals surface area contributed by atoms with Crippen molar-refractivity contribution in [3.8, 4) is 0 Å². The van der Waals surface area contributed by atoms with Gasteiger partial charge in [-0.05, 0) is 26.0 Å². The van der Waals surface area contributed by atoms with Crippen LogP contribution in [0.3, 0.4) is 0 Å². The van der Waals surface area contributed by atoms with Crippen LogP contribution < -0.4 is 5.32 Å². The van der Waals surface area contributed by atoms with Crippen molar-refractivity contribution in [2.24, 2.45) is 0 Å². The average Bonchev–Trinajstić information content (AvgIpc) is 2.46. The molecular formula is C14H20ClN3O2. The first-order valence-electron chi connectivity index (χ1n) is 6.72. The third-order valence-electron chi connectivity index (χ3n) is 3.50. The minimum atomic E-state index is -0.200. The van der Waals surface area contributed by atoms with Crippen molar-refractivity contribution in [1.82, 2.24) is 15.2 Å². The molecule has 1 aromatic rings. The summed E-state index contributed by atoms with van der Waals surface area (Å²) in [5.74, 6) is -0.200. The standard InChI is InChI=1S/C14H20ClN3O2/c1-14(2,18-6-8-20-9-7-18)10-16-13(19)11-4-3-5-12(15)17-11/h3-5H,6-10H2,1-2H3,(H,16,19). The van der Waals surface area contributed by atoms with E-state index >= 15 is 0 Å². The van der Waals surface area contributed by atoms with E-state index in [1.807, 2.05) is 0 Å². The van der Waals surface area contributed by atoms with Gasteiger partial charge in [0.15, 0.2) is 0 Å². The summed E-state index contributed by atoms with van der Waals surface area (Å²) in [6.07, 6.45) is 0. The minimum absolute atomic E-state index is 0.113. The smallest absolute Gasteiger partial charge is 0.270 e. The lowest BCUT2D eigenvalue weighted by Gasteiger charge is -2.40. The fraction of sp³-hybridized carbons (Fsp3) is 0.571. The van der Waals surface area contributed by atoms with Crippen LogP contribution in [0.1, 0.15) is 24.3 Å². The number of hydrogen-bond donors (Lipinski definition) is 1. The molecule has 1 aromatic heterocycles. The summed E-state index contributed by atoms with van der Waals surface area (Å²) >= 11 is 5.79. The zero-order valence-corrected chi connectivity index (χ0v) is 12.6. The molecule has 2 heterocycles. The van der Waals surface area contributed by atoms with E-state index in [-0.39, 0.29) is 11.4 Å². The van der Waals surface area contributed by atoms with Gasteiger partial charge in [0.1, 0.15) is 10.8 Å². The van der Waals surface area contributed by atoms with Gasteiger partial charge in [0.2, 0.25) is 0 Å². The van der Waals surface area contributed by atoms with Crippen LogP contribution in [-0.4, -0.2) is 54.2 Å². The van der Waals surface area contributed by atoms with Gasteiger partial charge in [-0.15, -0.1) is 0 Å². The van der Waals surface area contributed by atoms with Crippen LogP contribution in [0, 0.1) is 0 Å². The van der Waals surface area contributed by atoms with Crippen LogP contribution in [0.2, 0.25) is 5.15 Å². The summed E-state index contributed by atoms with van der Waals surface area (Å²) in [7, 11) is 0. The second-order valence-corrected chi connectivity index (χ2v) is 5.83. The molecule has 1 N–H and O–H groups in total. The molecule has 0 atom stereocenters. The molecule has 0 aliphatic carbocycles. The number of ether oxygens (including phenoxy) is 1. The van der Waals surface area contributed by atoms with Gasteiger partial charge in [-0.3, -0.25) is 9.69 Å². The Balaban J connectivity index is 1.91. The molecule has 0 saturated carbocycles. The maximum atomic E-state index is 12.1. The molecule has 20 heavy (non-hydrogen) atoms. The van der Waals surface area contributed by atoms with Gasteiger partial charge in [0.05, 0.1) is 13.2 Å². The van der Waals surface area contributed by atoms with Crippen molar-refractivity contribution in [2.75, 3.05) is 32.8 Å². The Morgan fingerprint density at radius 3 is 2.80 bits per heavy atom. The van der Waals surface area contributed by atoms with E-state index in [4.69, 9.17) is 16.3 Å². The third-order valence-corrected chi connectivity index (χ3v) is 3.71. The Hall–Kier alpha value is -1.17. The molecule has 1 aliphatic rings. The zero-order valence-electron chi connectivity index (χ0n) is 11.9. The van der Waals surface area contributed by atoms with E-state index in [1.165, 1.54) is 0 Å². The van der Waals surface area contributed by atoms with Crippen LogP contribution >= 0.6 is 11.6 Å². The molecule has 0 unspecified atom stereocenters. The normalized spacial score (nSPS) is 16.9. The highest BCUT2D eigenvalue weighted by atomic mass is 35.5. The van der Waals surface area contributed by atoms with Crippen molar-refractivity contribution in [1.29, 1.82) is 0 Å². The van der Waals surface area contributed by atoms with Gasteiger partial charge in [-0.2, -0.15) is 0 Å². The van der Waals surface area contributed by atoms with Crippen molar-refractivity contribution in [2.45, 2.75) is 19.4 Å². The molecule has 1 aliphatic heterocycles. The van der Waals surface area contributed by atoms with Gasteiger partial charge in [-0.25, -0.2) is 4.98 Å². The Bertz CT molecular complexity index is 473. The molecule has 0 aromatic carbocycles. The third kappa shape index (κ3) is 3.91. The number of amides is 1. The van der Waals surface area contributed by atoms with E-state index in [0.29, 0.717) is 17.4 Å². The molecule has 6 heteroatoms. The first kappa shape index (κ1) is 15.2. The number of nitrogens with zero attached hydrogens (tertiary/aromatic N) is 2. The molecule has 1 amide bonds. The first-order valence-corrected chi connectivity index (χ1v) is 7.10. The van der Waals surface area contributed by atoms with Crippen molar-refractivity contribution in [3.05, 3.63) is 29.0 Å². The maximum Gasteiger partial charge on any atom is 0.270 e. The molecule has 5 nitrogen and oxygen atoms in total. The molecule has 2 rings (SSSR count). The summed E-state index contributed by atoms with van der Waals surface area (Å²) in [5.41, 5.74) is 0.230. The Morgan fingerprint density at radius 1 is 1.45 bits per heavy atom. The van der Waals surface area contributed by atoms with E-state index in [2.05, 4.69) is 29.0 Å². The number of hydrogen-bond acceptors (Lipinski definition) is 4. The SMILES string of the molecule is CC(C)(CNC(=O)c1cccc(Cl)n1)N1CCOCC1. The summed E-state index contributed by atoms with van der Waals surface area (Å²) in [6.45, 7) is 8.05. The Labute approximate surface area is 124 Å². The van der Waals surface area contributed by atoms with E-state index in [0.717, 1.165) is 26.3 Å². The van der Waals surface area contributed by atoms with E-state index < -0.39 is 0 Å². The van der Waals surface area contributed by atoms with Gasteiger partial charge >= 0.3 is 0 Å². The summed E-state index contributed by atoms with van der Waals surface area (Å²) in [6, 6.07) is 5.02. The van der Waals surface area contributed by atoms with Crippen LogP contribution in [-0.2, 0) is 4.74 Å².